The number of aromatic nitrogens is 1. The average molecular weight is 392 g/mol. The third-order valence-electron chi connectivity index (χ3n) is 3.72. The summed E-state index contributed by atoms with van der Waals surface area (Å²) in [5.74, 6) is -0.387. The lowest BCUT2D eigenvalue weighted by Gasteiger charge is -2.23. The van der Waals surface area contributed by atoms with Crippen molar-refractivity contribution in [3.63, 3.8) is 0 Å². The van der Waals surface area contributed by atoms with Gasteiger partial charge in [-0.1, -0.05) is 18.2 Å². The van der Waals surface area contributed by atoms with Crippen molar-refractivity contribution in [2.45, 2.75) is 25.3 Å². The van der Waals surface area contributed by atoms with Gasteiger partial charge in [0.25, 0.3) is 5.91 Å². The van der Waals surface area contributed by atoms with Crippen LogP contribution in [0.5, 0.6) is 0 Å². The van der Waals surface area contributed by atoms with Crippen LogP contribution in [0, 0.1) is 5.82 Å². The minimum atomic E-state index is -0.239. The molecule has 1 aliphatic heterocycles. The van der Waals surface area contributed by atoms with Crippen LogP contribution in [0.4, 0.5) is 4.39 Å². The molecule has 2 aromatic rings. The van der Waals surface area contributed by atoms with Gasteiger partial charge in [0, 0.05) is 24.4 Å². The first-order chi connectivity index (χ1) is 10.7. The lowest BCUT2D eigenvalue weighted by atomic mass is 10.1. The number of amides is 1. The van der Waals surface area contributed by atoms with Crippen molar-refractivity contribution in [3.8, 4) is 0 Å². The molecule has 1 aromatic heterocycles. The van der Waals surface area contributed by atoms with Gasteiger partial charge in [-0.25, -0.2) is 9.37 Å². The van der Waals surface area contributed by atoms with Gasteiger partial charge >= 0.3 is 0 Å². The summed E-state index contributed by atoms with van der Waals surface area (Å²) in [6.45, 7) is 1.81. The van der Waals surface area contributed by atoms with Gasteiger partial charge in [0.1, 0.15) is 11.5 Å². The van der Waals surface area contributed by atoms with Crippen LogP contribution in [0.1, 0.15) is 33.9 Å². The summed E-state index contributed by atoms with van der Waals surface area (Å²) in [5.41, 5.74) is 1.02. The van der Waals surface area contributed by atoms with E-state index in [2.05, 4.69) is 15.6 Å². The second-order valence-electron chi connectivity index (χ2n) is 5.41. The Morgan fingerprint density at radius 1 is 1.38 bits per heavy atom. The SMILES string of the molecule is Cl.Cl.O=C(N[C@H]1CCCNC1)c1csc(Cc2ccccc2F)n1. The van der Waals surface area contributed by atoms with Crippen LogP contribution < -0.4 is 10.6 Å². The molecule has 1 atom stereocenters. The van der Waals surface area contributed by atoms with Crippen molar-refractivity contribution in [1.29, 1.82) is 0 Å². The van der Waals surface area contributed by atoms with Gasteiger partial charge in [0.15, 0.2) is 0 Å². The highest BCUT2D eigenvalue weighted by molar-refractivity contribution is 7.09. The number of piperidine rings is 1. The maximum atomic E-state index is 13.6. The van der Waals surface area contributed by atoms with E-state index in [4.69, 9.17) is 0 Å². The van der Waals surface area contributed by atoms with Gasteiger partial charge in [-0.05, 0) is 31.0 Å². The minimum Gasteiger partial charge on any atom is -0.347 e. The lowest BCUT2D eigenvalue weighted by molar-refractivity contribution is 0.0926. The Kier molecular flexibility index (Phi) is 8.62. The highest BCUT2D eigenvalue weighted by Crippen LogP contribution is 2.17. The third kappa shape index (κ3) is 5.41. The Hall–Kier alpha value is -1.21. The minimum absolute atomic E-state index is 0. The van der Waals surface area contributed by atoms with Gasteiger partial charge in [-0.2, -0.15) is 0 Å². The molecule has 0 aliphatic carbocycles. The van der Waals surface area contributed by atoms with Crippen molar-refractivity contribution < 1.29 is 9.18 Å². The number of hydrogen-bond donors (Lipinski definition) is 2. The number of carbonyl (C=O) groups is 1. The van der Waals surface area contributed by atoms with Gasteiger partial charge in [-0.15, -0.1) is 36.2 Å². The lowest BCUT2D eigenvalue weighted by Crippen LogP contribution is -2.45. The number of benzene rings is 1. The number of thiazole rings is 1. The Balaban J connectivity index is 0.00000144. The Bertz CT molecular complexity index is 662. The van der Waals surface area contributed by atoms with Crippen LogP contribution in [0.25, 0.3) is 0 Å². The molecule has 3 rings (SSSR count). The van der Waals surface area contributed by atoms with Crippen molar-refractivity contribution in [3.05, 3.63) is 51.7 Å². The van der Waals surface area contributed by atoms with E-state index in [1.54, 1.807) is 23.6 Å². The number of rotatable bonds is 4. The van der Waals surface area contributed by atoms with Crippen LogP contribution in [0.2, 0.25) is 0 Å². The van der Waals surface area contributed by atoms with E-state index in [1.165, 1.54) is 17.4 Å². The molecule has 0 saturated carbocycles. The van der Waals surface area contributed by atoms with Crippen LogP contribution in [-0.4, -0.2) is 30.0 Å². The van der Waals surface area contributed by atoms with Gasteiger partial charge in [0.2, 0.25) is 0 Å². The molecule has 132 valence electrons. The molecule has 24 heavy (non-hydrogen) atoms. The highest BCUT2D eigenvalue weighted by Gasteiger charge is 2.18. The van der Waals surface area contributed by atoms with Crippen molar-refractivity contribution in [1.82, 2.24) is 15.6 Å². The first-order valence-corrected chi connectivity index (χ1v) is 8.30. The number of halogens is 3. The molecule has 0 unspecified atom stereocenters. The van der Waals surface area contributed by atoms with E-state index in [-0.39, 0.29) is 42.6 Å². The molecular formula is C16H20Cl2FN3OS. The Morgan fingerprint density at radius 3 is 2.88 bits per heavy atom. The molecular weight excluding hydrogens is 372 g/mol. The summed E-state index contributed by atoms with van der Waals surface area (Å²) in [5, 5.41) is 8.74. The fraction of sp³-hybridized carbons (Fsp3) is 0.375. The molecule has 4 nitrogen and oxygen atoms in total. The maximum absolute atomic E-state index is 13.6. The zero-order chi connectivity index (χ0) is 15.4. The standard InChI is InChI=1S/C16H18FN3OS.2ClH/c17-13-6-2-1-4-11(13)8-15-20-14(10-22-15)16(21)19-12-5-3-7-18-9-12;;/h1-2,4,6,10,12,18H,3,5,7-9H2,(H,19,21);2*1H/t12-;;/m0../s1. The molecule has 1 aromatic carbocycles. The Labute approximate surface area is 157 Å². The average Bonchev–Trinajstić information content (AvgIpc) is 2.99. The summed E-state index contributed by atoms with van der Waals surface area (Å²) in [6.07, 6.45) is 2.47. The molecule has 0 spiro atoms. The van der Waals surface area contributed by atoms with E-state index in [1.807, 2.05) is 0 Å². The molecule has 2 heterocycles. The quantitative estimate of drug-likeness (QED) is 0.840. The van der Waals surface area contributed by atoms with Crippen LogP contribution >= 0.6 is 36.2 Å². The number of nitrogens with one attached hydrogen (secondary N) is 2. The van der Waals surface area contributed by atoms with E-state index in [0.717, 1.165) is 30.9 Å². The van der Waals surface area contributed by atoms with E-state index in [9.17, 15) is 9.18 Å². The fourth-order valence-electron chi connectivity index (χ4n) is 2.54. The Morgan fingerprint density at radius 2 is 2.17 bits per heavy atom. The van der Waals surface area contributed by atoms with Crippen LogP contribution in [0.3, 0.4) is 0 Å². The predicted molar refractivity (Wildman–Crippen MR) is 99.2 cm³/mol. The maximum Gasteiger partial charge on any atom is 0.271 e. The molecule has 0 bridgehead atoms. The van der Waals surface area contributed by atoms with Gasteiger partial charge in [-0.3, -0.25) is 4.79 Å². The van der Waals surface area contributed by atoms with E-state index >= 15 is 0 Å². The fourth-order valence-corrected chi connectivity index (χ4v) is 3.33. The monoisotopic (exact) mass is 391 g/mol. The normalized spacial score (nSPS) is 16.6. The molecule has 1 saturated heterocycles. The topological polar surface area (TPSA) is 54.0 Å². The summed E-state index contributed by atoms with van der Waals surface area (Å²) in [4.78, 5) is 16.5. The molecule has 1 aliphatic rings. The van der Waals surface area contributed by atoms with Gasteiger partial charge < -0.3 is 10.6 Å². The summed E-state index contributed by atoms with van der Waals surface area (Å²) < 4.78 is 13.6. The van der Waals surface area contributed by atoms with Crippen LogP contribution in [-0.2, 0) is 6.42 Å². The first kappa shape index (κ1) is 20.8. The second kappa shape index (κ2) is 9.93. The highest BCUT2D eigenvalue weighted by atomic mass is 35.5. The largest absolute Gasteiger partial charge is 0.347 e. The molecule has 1 fully saturated rings. The van der Waals surface area contributed by atoms with Crippen molar-refractivity contribution >= 4 is 42.1 Å². The molecule has 2 N–H and O–H groups in total. The number of hydrogen-bond acceptors (Lipinski definition) is 4. The summed E-state index contributed by atoms with van der Waals surface area (Å²) in [6, 6.07) is 6.81. The van der Waals surface area contributed by atoms with Crippen LogP contribution in [0.15, 0.2) is 29.6 Å². The first-order valence-electron chi connectivity index (χ1n) is 7.42. The summed E-state index contributed by atoms with van der Waals surface area (Å²) in [7, 11) is 0. The van der Waals surface area contributed by atoms with E-state index < -0.39 is 0 Å². The van der Waals surface area contributed by atoms with Crippen molar-refractivity contribution in [2.24, 2.45) is 0 Å². The molecule has 1 amide bonds. The predicted octanol–water partition coefficient (Wildman–Crippen LogP) is 3.20. The number of carbonyl (C=O) groups excluding carboxylic acids is 1. The molecule has 0 radical (unpaired) electrons. The molecule has 8 heteroatoms. The number of nitrogens with zero attached hydrogens (tertiary/aromatic N) is 1. The van der Waals surface area contributed by atoms with Gasteiger partial charge in [0.05, 0.1) is 5.01 Å². The second-order valence-corrected chi connectivity index (χ2v) is 6.35. The van der Waals surface area contributed by atoms with E-state index in [0.29, 0.717) is 17.7 Å². The zero-order valence-corrected chi connectivity index (χ0v) is 15.4. The summed E-state index contributed by atoms with van der Waals surface area (Å²) >= 11 is 1.39. The third-order valence-corrected chi connectivity index (χ3v) is 4.56. The van der Waals surface area contributed by atoms with Crippen molar-refractivity contribution in [2.75, 3.05) is 13.1 Å². The zero-order valence-electron chi connectivity index (χ0n) is 13.0. The smallest absolute Gasteiger partial charge is 0.271 e.